The zero-order valence-corrected chi connectivity index (χ0v) is 14.6. The number of hydrazone groups is 1. The quantitative estimate of drug-likeness (QED) is 0.850. The van der Waals surface area contributed by atoms with Crippen LogP contribution in [0.25, 0.3) is 0 Å². The second kappa shape index (κ2) is 6.83. The molecule has 3 rings (SSSR count). The molecule has 0 aromatic heterocycles. The molecule has 1 aromatic carbocycles. The van der Waals surface area contributed by atoms with Crippen LogP contribution in [0.15, 0.2) is 29.4 Å². The lowest BCUT2D eigenvalue weighted by Gasteiger charge is -2.27. The van der Waals surface area contributed by atoms with Crippen LogP contribution in [0.5, 0.6) is 5.75 Å². The first-order chi connectivity index (χ1) is 11.9. The summed E-state index contributed by atoms with van der Waals surface area (Å²) in [6.45, 7) is 0. The van der Waals surface area contributed by atoms with Gasteiger partial charge in [0.05, 0.1) is 24.7 Å². The average molecular weight is 365 g/mol. The topological polar surface area (TPSA) is 105 Å². The standard InChI is InChI=1S/C16H19N3O5S/c1-24-13-4-2-11(3-5-13)17-16(21)14-6-7-15(20)19(18-14)12-8-9-25(22,23)10-12/h2-5,12H,6-10H2,1H3,(H,17,21)/t12-/m1/s1. The highest BCUT2D eigenvalue weighted by Crippen LogP contribution is 2.22. The smallest absolute Gasteiger partial charge is 0.271 e. The number of hydrogen-bond acceptors (Lipinski definition) is 6. The maximum Gasteiger partial charge on any atom is 0.271 e. The minimum atomic E-state index is -3.14. The van der Waals surface area contributed by atoms with E-state index < -0.39 is 21.8 Å². The molecule has 0 aliphatic carbocycles. The number of anilines is 1. The van der Waals surface area contributed by atoms with Gasteiger partial charge in [0.2, 0.25) is 5.91 Å². The number of ether oxygens (including phenoxy) is 1. The third-order valence-electron chi connectivity index (χ3n) is 4.22. The van der Waals surface area contributed by atoms with Gasteiger partial charge in [-0.15, -0.1) is 0 Å². The molecule has 0 spiro atoms. The molecule has 0 bridgehead atoms. The lowest BCUT2D eigenvalue weighted by atomic mass is 10.1. The predicted octanol–water partition coefficient (Wildman–Crippen LogP) is 0.799. The van der Waals surface area contributed by atoms with E-state index in [2.05, 4.69) is 10.4 Å². The number of sulfone groups is 1. The third kappa shape index (κ3) is 3.98. The van der Waals surface area contributed by atoms with E-state index in [0.29, 0.717) is 17.9 Å². The molecule has 1 aromatic rings. The second-order valence-corrected chi connectivity index (χ2v) is 8.25. The second-order valence-electron chi connectivity index (χ2n) is 6.02. The van der Waals surface area contributed by atoms with Gasteiger partial charge in [0, 0.05) is 18.5 Å². The van der Waals surface area contributed by atoms with Crippen molar-refractivity contribution in [3.05, 3.63) is 24.3 Å². The van der Waals surface area contributed by atoms with E-state index in [-0.39, 0.29) is 36.0 Å². The number of nitrogens with one attached hydrogen (secondary N) is 1. The summed E-state index contributed by atoms with van der Waals surface area (Å²) >= 11 is 0. The van der Waals surface area contributed by atoms with E-state index >= 15 is 0 Å². The molecule has 1 atom stereocenters. The normalized spacial score (nSPS) is 22.4. The predicted molar refractivity (Wildman–Crippen MR) is 92.2 cm³/mol. The Hall–Kier alpha value is -2.42. The van der Waals surface area contributed by atoms with Crippen LogP contribution in [0.3, 0.4) is 0 Å². The van der Waals surface area contributed by atoms with Crippen molar-refractivity contribution < 1.29 is 22.7 Å². The Morgan fingerprint density at radius 1 is 1.28 bits per heavy atom. The maximum atomic E-state index is 12.4. The number of hydrogen-bond donors (Lipinski definition) is 1. The van der Waals surface area contributed by atoms with Crippen LogP contribution in [0.4, 0.5) is 5.69 Å². The molecule has 0 unspecified atom stereocenters. The van der Waals surface area contributed by atoms with Crippen molar-refractivity contribution in [2.75, 3.05) is 23.9 Å². The molecule has 1 saturated heterocycles. The molecule has 134 valence electrons. The molecule has 0 radical (unpaired) electrons. The Kier molecular flexibility index (Phi) is 4.76. The summed E-state index contributed by atoms with van der Waals surface area (Å²) in [4.78, 5) is 24.5. The van der Waals surface area contributed by atoms with Gasteiger partial charge in [-0.3, -0.25) is 9.59 Å². The number of carbonyl (C=O) groups is 2. The van der Waals surface area contributed by atoms with Crippen LogP contribution < -0.4 is 10.1 Å². The fourth-order valence-corrected chi connectivity index (χ4v) is 4.56. The molecule has 25 heavy (non-hydrogen) atoms. The molecule has 2 amide bonds. The number of carbonyl (C=O) groups excluding carboxylic acids is 2. The Labute approximate surface area is 145 Å². The van der Waals surface area contributed by atoms with Gasteiger partial charge in [0.15, 0.2) is 9.84 Å². The number of rotatable bonds is 4. The minimum absolute atomic E-state index is 0.0460. The van der Waals surface area contributed by atoms with Gasteiger partial charge < -0.3 is 10.1 Å². The van der Waals surface area contributed by atoms with Crippen LogP contribution in [0.1, 0.15) is 19.3 Å². The first-order valence-electron chi connectivity index (χ1n) is 7.93. The first-order valence-corrected chi connectivity index (χ1v) is 9.75. The number of benzene rings is 1. The lowest BCUT2D eigenvalue weighted by Crippen LogP contribution is -2.42. The average Bonchev–Trinajstić information content (AvgIpc) is 2.95. The molecule has 2 heterocycles. The van der Waals surface area contributed by atoms with E-state index in [1.54, 1.807) is 31.4 Å². The van der Waals surface area contributed by atoms with Gasteiger partial charge in [0.1, 0.15) is 11.5 Å². The molecule has 0 saturated carbocycles. The minimum Gasteiger partial charge on any atom is -0.497 e. The van der Waals surface area contributed by atoms with Gasteiger partial charge in [-0.05, 0) is 30.7 Å². The van der Waals surface area contributed by atoms with Crippen molar-refractivity contribution in [1.29, 1.82) is 0 Å². The zero-order valence-electron chi connectivity index (χ0n) is 13.8. The van der Waals surface area contributed by atoms with Gasteiger partial charge >= 0.3 is 0 Å². The lowest BCUT2D eigenvalue weighted by molar-refractivity contribution is -0.133. The molecule has 8 nitrogen and oxygen atoms in total. The van der Waals surface area contributed by atoms with E-state index in [1.165, 1.54) is 5.01 Å². The van der Waals surface area contributed by atoms with Gasteiger partial charge in [0.25, 0.3) is 5.91 Å². The first kappa shape index (κ1) is 17.4. The van der Waals surface area contributed by atoms with Gasteiger partial charge in [-0.25, -0.2) is 13.4 Å². The van der Waals surface area contributed by atoms with Crippen LogP contribution in [-0.4, -0.2) is 55.6 Å². The summed E-state index contributed by atoms with van der Waals surface area (Å²) in [7, 11) is -1.58. The van der Waals surface area contributed by atoms with Crippen molar-refractivity contribution >= 4 is 33.1 Å². The van der Waals surface area contributed by atoms with Crippen molar-refractivity contribution in [3.63, 3.8) is 0 Å². The molecular weight excluding hydrogens is 346 g/mol. The van der Waals surface area contributed by atoms with Crippen molar-refractivity contribution in [3.8, 4) is 5.75 Å². The van der Waals surface area contributed by atoms with Crippen LogP contribution in [-0.2, 0) is 19.4 Å². The van der Waals surface area contributed by atoms with Crippen molar-refractivity contribution in [2.24, 2.45) is 5.10 Å². The fourth-order valence-electron chi connectivity index (χ4n) is 2.87. The Bertz CT molecular complexity index is 817. The van der Waals surface area contributed by atoms with E-state index in [4.69, 9.17) is 4.74 Å². The Morgan fingerprint density at radius 3 is 2.60 bits per heavy atom. The summed E-state index contributed by atoms with van der Waals surface area (Å²) in [6.07, 6.45) is 0.729. The molecule has 9 heteroatoms. The number of amides is 2. The van der Waals surface area contributed by atoms with Crippen LogP contribution in [0, 0.1) is 0 Å². The summed E-state index contributed by atoms with van der Waals surface area (Å²) in [5, 5.41) is 8.04. The summed E-state index contributed by atoms with van der Waals surface area (Å²) in [5.74, 6) is -0.0289. The monoisotopic (exact) mass is 365 g/mol. The molecular formula is C16H19N3O5S. The summed E-state index contributed by atoms with van der Waals surface area (Å²) < 4.78 is 28.3. The van der Waals surface area contributed by atoms with Gasteiger partial charge in [-0.1, -0.05) is 0 Å². The Balaban J connectivity index is 1.72. The number of methoxy groups -OCH3 is 1. The molecule has 2 aliphatic heterocycles. The van der Waals surface area contributed by atoms with Crippen LogP contribution in [0.2, 0.25) is 0 Å². The maximum absolute atomic E-state index is 12.4. The van der Waals surface area contributed by atoms with Crippen molar-refractivity contribution in [2.45, 2.75) is 25.3 Å². The highest BCUT2D eigenvalue weighted by molar-refractivity contribution is 7.91. The zero-order chi connectivity index (χ0) is 18.0. The summed E-state index contributed by atoms with van der Waals surface area (Å²) in [5.41, 5.74) is 0.806. The summed E-state index contributed by atoms with van der Waals surface area (Å²) in [6, 6.07) is 6.36. The van der Waals surface area contributed by atoms with Crippen LogP contribution >= 0.6 is 0 Å². The Morgan fingerprint density at radius 2 is 2.00 bits per heavy atom. The van der Waals surface area contributed by atoms with E-state index in [9.17, 15) is 18.0 Å². The molecule has 2 aliphatic rings. The molecule has 1 fully saturated rings. The van der Waals surface area contributed by atoms with Gasteiger partial charge in [-0.2, -0.15) is 5.10 Å². The third-order valence-corrected chi connectivity index (χ3v) is 5.97. The number of nitrogens with zero attached hydrogens (tertiary/aromatic N) is 2. The SMILES string of the molecule is COc1ccc(NC(=O)C2=NN([C@@H]3CCS(=O)(=O)C3)C(=O)CC2)cc1. The highest BCUT2D eigenvalue weighted by Gasteiger charge is 2.37. The molecule has 1 N–H and O–H groups in total. The van der Waals surface area contributed by atoms with E-state index in [0.717, 1.165) is 0 Å². The van der Waals surface area contributed by atoms with Crippen molar-refractivity contribution in [1.82, 2.24) is 5.01 Å². The fraction of sp³-hybridized carbons (Fsp3) is 0.438. The highest BCUT2D eigenvalue weighted by atomic mass is 32.2. The van der Waals surface area contributed by atoms with E-state index in [1.807, 2.05) is 0 Å². The largest absolute Gasteiger partial charge is 0.497 e.